The van der Waals surface area contributed by atoms with Gasteiger partial charge >= 0.3 is 0 Å². The second kappa shape index (κ2) is 6.98. The largest absolute Gasteiger partial charge is 0.346 e. The molecular formula is C19H21N3O2S2. The second-order valence-electron chi connectivity index (χ2n) is 6.61. The van der Waals surface area contributed by atoms with Crippen molar-refractivity contribution in [1.29, 1.82) is 0 Å². The monoisotopic (exact) mass is 387 g/mol. The van der Waals surface area contributed by atoms with Crippen LogP contribution in [0.3, 0.4) is 0 Å². The predicted molar refractivity (Wildman–Crippen MR) is 107 cm³/mol. The molecule has 26 heavy (non-hydrogen) atoms. The average molecular weight is 388 g/mol. The summed E-state index contributed by atoms with van der Waals surface area (Å²) >= 11 is 1.67. The van der Waals surface area contributed by atoms with Gasteiger partial charge in [-0.2, -0.15) is 4.31 Å². The van der Waals surface area contributed by atoms with Crippen LogP contribution in [0, 0.1) is 0 Å². The summed E-state index contributed by atoms with van der Waals surface area (Å²) in [7, 11) is -1.64. The number of likely N-dealkylation sites (N-methyl/N-ethyl adjacent to an activating group) is 1. The fourth-order valence-electron chi connectivity index (χ4n) is 3.32. The molecule has 0 saturated carbocycles. The van der Waals surface area contributed by atoms with Crippen molar-refractivity contribution < 1.29 is 8.42 Å². The summed E-state index contributed by atoms with van der Waals surface area (Å²) < 4.78 is 28.2. The maximum Gasteiger partial charge on any atom is 0.218 e. The standard InChI is InChI=1S/C19H21N3O2S2/c1-21(26(23,24)14-15-7-3-2-4-8-15)16-11-12-22(13-16)19-20-17-9-5-6-10-18(17)25-19/h2-10,16H,11-14H2,1H3. The number of benzene rings is 2. The van der Waals surface area contributed by atoms with E-state index in [0.29, 0.717) is 6.54 Å². The van der Waals surface area contributed by atoms with E-state index in [4.69, 9.17) is 4.98 Å². The average Bonchev–Trinajstić information content (AvgIpc) is 3.28. The normalized spacial score (nSPS) is 18.1. The molecule has 0 spiro atoms. The van der Waals surface area contributed by atoms with Gasteiger partial charge in [0.05, 0.1) is 16.0 Å². The number of thiazole rings is 1. The lowest BCUT2D eigenvalue weighted by atomic mass is 10.2. The molecule has 1 unspecified atom stereocenters. The first-order chi connectivity index (χ1) is 12.5. The van der Waals surface area contributed by atoms with Gasteiger partial charge in [0, 0.05) is 26.2 Å². The zero-order valence-electron chi connectivity index (χ0n) is 14.6. The number of para-hydroxylation sites is 1. The lowest BCUT2D eigenvalue weighted by Crippen LogP contribution is -2.39. The van der Waals surface area contributed by atoms with Gasteiger partial charge in [0.1, 0.15) is 0 Å². The Morgan fingerprint density at radius 2 is 1.88 bits per heavy atom. The van der Waals surface area contributed by atoms with Crippen molar-refractivity contribution >= 4 is 36.7 Å². The summed E-state index contributed by atoms with van der Waals surface area (Å²) in [5, 5.41) is 0.975. The number of fused-ring (bicyclic) bond motifs is 1. The summed E-state index contributed by atoms with van der Waals surface area (Å²) in [5.41, 5.74) is 1.82. The number of sulfonamides is 1. The topological polar surface area (TPSA) is 53.5 Å². The Morgan fingerprint density at radius 3 is 2.65 bits per heavy atom. The van der Waals surface area contributed by atoms with Crippen LogP contribution in [0.15, 0.2) is 54.6 Å². The lowest BCUT2D eigenvalue weighted by molar-refractivity contribution is 0.389. The van der Waals surface area contributed by atoms with Gasteiger partial charge in [-0.3, -0.25) is 0 Å². The molecule has 0 amide bonds. The molecule has 1 atom stereocenters. The highest BCUT2D eigenvalue weighted by Crippen LogP contribution is 2.32. The molecule has 0 bridgehead atoms. The Bertz CT molecular complexity index is 969. The van der Waals surface area contributed by atoms with Crippen LogP contribution < -0.4 is 4.90 Å². The fourth-order valence-corrected chi connectivity index (χ4v) is 5.77. The molecular weight excluding hydrogens is 366 g/mol. The van der Waals surface area contributed by atoms with Crippen LogP contribution >= 0.6 is 11.3 Å². The smallest absolute Gasteiger partial charge is 0.218 e. The minimum absolute atomic E-state index is 0.0178. The molecule has 7 heteroatoms. The number of anilines is 1. The van der Waals surface area contributed by atoms with E-state index in [1.54, 1.807) is 22.7 Å². The van der Waals surface area contributed by atoms with Crippen LogP contribution in [0.2, 0.25) is 0 Å². The minimum atomic E-state index is -3.34. The zero-order chi connectivity index (χ0) is 18.1. The summed E-state index contributed by atoms with van der Waals surface area (Å²) in [5.74, 6) is 0.0436. The molecule has 1 aliphatic rings. The summed E-state index contributed by atoms with van der Waals surface area (Å²) in [6.07, 6.45) is 0.820. The Kier molecular flexibility index (Phi) is 4.69. The van der Waals surface area contributed by atoms with E-state index in [-0.39, 0.29) is 11.8 Å². The highest BCUT2D eigenvalue weighted by Gasteiger charge is 2.33. The third-order valence-electron chi connectivity index (χ3n) is 4.86. The predicted octanol–water partition coefficient (Wildman–Crippen LogP) is 3.34. The number of aromatic nitrogens is 1. The van der Waals surface area contributed by atoms with E-state index in [0.717, 1.165) is 33.9 Å². The first-order valence-electron chi connectivity index (χ1n) is 8.63. The quantitative estimate of drug-likeness (QED) is 0.674. The molecule has 1 fully saturated rings. The van der Waals surface area contributed by atoms with Crippen LogP contribution in [0.4, 0.5) is 5.13 Å². The highest BCUT2D eigenvalue weighted by molar-refractivity contribution is 7.88. The van der Waals surface area contributed by atoms with E-state index in [1.165, 1.54) is 0 Å². The maximum atomic E-state index is 12.8. The molecule has 1 aromatic heterocycles. The first kappa shape index (κ1) is 17.5. The number of hydrogen-bond acceptors (Lipinski definition) is 5. The highest BCUT2D eigenvalue weighted by atomic mass is 32.2. The van der Waals surface area contributed by atoms with Gasteiger partial charge in [0.15, 0.2) is 5.13 Å². The Hall–Kier alpha value is -1.96. The summed E-state index contributed by atoms with van der Waals surface area (Å²) in [6.45, 7) is 1.51. The Labute approximate surface area is 157 Å². The van der Waals surface area contributed by atoms with Crippen molar-refractivity contribution in [1.82, 2.24) is 9.29 Å². The van der Waals surface area contributed by atoms with E-state index in [2.05, 4.69) is 11.0 Å². The van der Waals surface area contributed by atoms with Crippen molar-refractivity contribution in [3.8, 4) is 0 Å². The molecule has 1 aliphatic heterocycles. The van der Waals surface area contributed by atoms with Crippen LogP contribution in [-0.4, -0.2) is 43.9 Å². The minimum Gasteiger partial charge on any atom is -0.346 e. The Morgan fingerprint density at radius 1 is 1.15 bits per heavy atom. The first-order valence-corrected chi connectivity index (χ1v) is 11.1. The van der Waals surface area contributed by atoms with Gasteiger partial charge in [0.25, 0.3) is 0 Å². The summed E-state index contributed by atoms with van der Waals surface area (Å²) in [6, 6.07) is 17.4. The van der Waals surface area contributed by atoms with Gasteiger partial charge in [-0.05, 0) is 24.1 Å². The third-order valence-corrected chi connectivity index (χ3v) is 7.83. The molecule has 2 aromatic carbocycles. The number of rotatable bonds is 5. The van der Waals surface area contributed by atoms with Crippen molar-refractivity contribution in [3.63, 3.8) is 0 Å². The van der Waals surface area contributed by atoms with Gasteiger partial charge in [-0.15, -0.1) is 0 Å². The number of hydrogen-bond donors (Lipinski definition) is 0. The van der Waals surface area contributed by atoms with E-state index < -0.39 is 10.0 Å². The molecule has 3 aromatic rings. The molecule has 0 aliphatic carbocycles. The van der Waals surface area contributed by atoms with Crippen molar-refractivity contribution in [3.05, 3.63) is 60.2 Å². The molecule has 4 rings (SSSR count). The van der Waals surface area contributed by atoms with Gasteiger partial charge in [-0.1, -0.05) is 53.8 Å². The SMILES string of the molecule is CN(C1CCN(c2nc3ccccc3s2)C1)S(=O)(=O)Cc1ccccc1. The second-order valence-corrected chi connectivity index (χ2v) is 9.65. The molecule has 2 heterocycles. The van der Waals surface area contributed by atoms with E-state index in [9.17, 15) is 8.42 Å². The molecule has 5 nitrogen and oxygen atoms in total. The van der Waals surface area contributed by atoms with Gasteiger partial charge in [-0.25, -0.2) is 13.4 Å². The van der Waals surface area contributed by atoms with Crippen molar-refractivity contribution in [2.24, 2.45) is 0 Å². The van der Waals surface area contributed by atoms with Crippen LogP contribution in [0.25, 0.3) is 10.2 Å². The van der Waals surface area contributed by atoms with Gasteiger partial charge in [0.2, 0.25) is 10.0 Å². The maximum absolute atomic E-state index is 12.8. The molecule has 0 N–H and O–H groups in total. The van der Waals surface area contributed by atoms with Crippen LogP contribution in [0.5, 0.6) is 0 Å². The third kappa shape index (κ3) is 3.47. The lowest BCUT2D eigenvalue weighted by Gasteiger charge is -2.24. The fraction of sp³-hybridized carbons (Fsp3) is 0.316. The van der Waals surface area contributed by atoms with Crippen molar-refractivity contribution in [2.75, 3.05) is 25.0 Å². The van der Waals surface area contributed by atoms with Crippen molar-refractivity contribution in [2.45, 2.75) is 18.2 Å². The molecule has 136 valence electrons. The van der Waals surface area contributed by atoms with Gasteiger partial charge < -0.3 is 4.90 Å². The Balaban J connectivity index is 1.47. The molecule has 0 radical (unpaired) electrons. The zero-order valence-corrected chi connectivity index (χ0v) is 16.2. The van der Waals surface area contributed by atoms with E-state index >= 15 is 0 Å². The van der Waals surface area contributed by atoms with Crippen LogP contribution in [0.1, 0.15) is 12.0 Å². The molecule has 1 saturated heterocycles. The van der Waals surface area contributed by atoms with E-state index in [1.807, 2.05) is 48.5 Å². The number of nitrogens with zero attached hydrogens (tertiary/aromatic N) is 3. The summed E-state index contributed by atoms with van der Waals surface area (Å²) in [4.78, 5) is 6.89. The van der Waals surface area contributed by atoms with Crippen LogP contribution in [-0.2, 0) is 15.8 Å².